The van der Waals surface area contributed by atoms with Crippen LogP contribution in [0, 0.1) is 0 Å². The smallest absolute Gasteiger partial charge is 0.0961 e. The van der Waals surface area contributed by atoms with E-state index in [1.165, 1.54) is 0 Å². The molecule has 0 aliphatic rings. The first-order valence-corrected chi connectivity index (χ1v) is 6.17. The lowest BCUT2D eigenvalue weighted by Crippen LogP contribution is -1.99. The van der Waals surface area contributed by atoms with E-state index in [0.717, 1.165) is 28.7 Å². The van der Waals surface area contributed by atoms with Crippen molar-refractivity contribution in [3.05, 3.63) is 36.5 Å². The van der Waals surface area contributed by atoms with Gasteiger partial charge in [0.1, 0.15) is 0 Å². The second-order valence-corrected chi connectivity index (χ2v) is 4.53. The van der Waals surface area contributed by atoms with E-state index in [0.29, 0.717) is 0 Å². The molecular weight excluding hydrogens is 220 g/mol. The van der Waals surface area contributed by atoms with Gasteiger partial charge in [-0.25, -0.2) is 9.97 Å². The first kappa shape index (κ1) is 11.0. The number of anilines is 1. The van der Waals surface area contributed by atoms with E-state index >= 15 is 0 Å². The molecular formula is C11H14N4S. The Labute approximate surface area is 98.9 Å². The van der Waals surface area contributed by atoms with Gasteiger partial charge in [-0.15, -0.1) is 11.8 Å². The SMILES string of the molecule is CCSc1ccc(NCc2cnc[nH]2)cn1. The fraction of sp³-hybridized carbons (Fsp3) is 0.273. The molecule has 0 unspecified atom stereocenters. The van der Waals surface area contributed by atoms with Gasteiger partial charge in [-0.05, 0) is 17.9 Å². The molecule has 16 heavy (non-hydrogen) atoms. The highest BCUT2D eigenvalue weighted by Crippen LogP contribution is 2.16. The monoisotopic (exact) mass is 234 g/mol. The van der Waals surface area contributed by atoms with Crippen LogP contribution in [-0.2, 0) is 6.54 Å². The average Bonchev–Trinajstić information content (AvgIpc) is 2.82. The number of nitrogens with one attached hydrogen (secondary N) is 2. The molecule has 2 rings (SSSR count). The Morgan fingerprint density at radius 3 is 2.94 bits per heavy atom. The second kappa shape index (κ2) is 5.55. The zero-order valence-corrected chi connectivity index (χ0v) is 9.92. The van der Waals surface area contributed by atoms with Gasteiger partial charge in [-0.3, -0.25) is 0 Å². The number of aromatic nitrogens is 3. The molecule has 2 heterocycles. The maximum Gasteiger partial charge on any atom is 0.0961 e. The van der Waals surface area contributed by atoms with E-state index < -0.39 is 0 Å². The third kappa shape index (κ3) is 3.00. The van der Waals surface area contributed by atoms with Crippen molar-refractivity contribution in [1.29, 1.82) is 0 Å². The molecule has 0 atom stereocenters. The van der Waals surface area contributed by atoms with Crippen LogP contribution >= 0.6 is 11.8 Å². The van der Waals surface area contributed by atoms with E-state index in [1.54, 1.807) is 18.1 Å². The van der Waals surface area contributed by atoms with Gasteiger partial charge < -0.3 is 10.3 Å². The van der Waals surface area contributed by atoms with Gasteiger partial charge in [0.2, 0.25) is 0 Å². The largest absolute Gasteiger partial charge is 0.378 e. The van der Waals surface area contributed by atoms with Crippen LogP contribution in [0.3, 0.4) is 0 Å². The molecule has 0 saturated heterocycles. The molecule has 84 valence electrons. The van der Waals surface area contributed by atoms with E-state index in [2.05, 4.69) is 27.2 Å². The summed E-state index contributed by atoms with van der Waals surface area (Å²) in [4.78, 5) is 11.3. The van der Waals surface area contributed by atoms with E-state index in [4.69, 9.17) is 0 Å². The van der Waals surface area contributed by atoms with Gasteiger partial charge in [0.25, 0.3) is 0 Å². The Bertz CT molecular complexity index is 410. The summed E-state index contributed by atoms with van der Waals surface area (Å²) in [6.07, 6.45) is 5.34. The summed E-state index contributed by atoms with van der Waals surface area (Å²) in [5.41, 5.74) is 2.09. The lowest BCUT2D eigenvalue weighted by molar-refractivity contribution is 1.05. The number of imidazole rings is 1. The van der Waals surface area contributed by atoms with Crippen LogP contribution in [0.5, 0.6) is 0 Å². The summed E-state index contributed by atoms with van der Waals surface area (Å²) in [7, 11) is 0. The highest BCUT2D eigenvalue weighted by molar-refractivity contribution is 7.99. The van der Waals surface area contributed by atoms with Crippen molar-refractivity contribution in [3.8, 4) is 0 Å². The van der Waals surface area contributed by atoms with E-state index in [-0.39, 0.29) is 0 Å². The Kier molecular flexibility index (Phi) is 3.82. The third-order valence-corrected chi connectivity index (χ3v) is 2.89. The Morgan fingerprint density at radius 2 is 2.31 bits per heavy atom. The normalized spacial score (nSPS) is 10.3. The van der Waals surface area contributed by atoms with Crippen molar-refractivity contribution in [2.75, 3.05) is 11.1 Å². The minimum absolute atomic E-state index is 0.738. The molecule has 2 N–H and O–H groups in total. The molecule has 0 aliphatic heterocycles. The minimum Gasteiger partial charge on any atom is -0.378 e. The summed E-state index contributed by atoms with van der Waals surface area (Å²) >= 11 is 1.74. The molecule has 0 bridgehead atoms. The molecule has 0 amide bonds. The second-order valence-electron chi connectivity index (χ2n) is 3.25. The number of H-pyrrole nitrogens is 1. The van der Waals surface area contributed by atoms with Crippen LogP contribution in [0.2, 0.25) is 0 Å². The zero-order valence-electron chi connectivity index (χ0n) is 9.10. The highest BCUT2D eigenvalue weighted by atomic mass is 32.2. The first-order chi connectivity index (χ1) is 7.88. The molecule has 0 aromatic carbocycles. The fourth-order valence-corrected chi connectivity index (χ4v) is 1.88. The number of hydrogen-bond acceptors (Lipinski definition) is 4. The fourth-order valence-electron chi connectivity index (χ4n) is 1.30. The molecule has 0 fully saturated rings. The van der Waals surface area contributed by atoms with Crippen molar-refractivity contribution < 1.29 is 0 Å². The standard InChI is InChI=1S/C11H14N4S/c1-2-16-11-4-3-9(6-14-11)13-7-10-5-12-8-15-10/h3-6,8,13H,2,7H2,1H3,(H,12,15). The number of rotatable bonds is 5. The molecule has 0 spiro atoms. The molecule has 0 saturated carbocycles. The van der Waals surface area contributed by atoms with Gasteiger partial charge in [0.15, 0.2) is 0 Å². The lowest BCUT2D eigenvalue weighted by atomic mass is 10.4. The van der Waals surface area contributed by atoms with E-state index in [1.807, 2.05) is 24.5 Å². The number of nitrogens with zero attached hydrogens (tertiary/aromatic N) is 2. The number of aromatic amines is 1. The zero-order chi connectivity index (χ0) is 11.2. The van der Waals surface area contributed by atoms with Gasteiger partial charge in [-0.1, -0.05) is 6.92 Å². The first-order valence-electron chi connectivity index (χ1n) is 5.18. The maximum atomic E-state index is 4.34. The number of thioether (sulfide) groups is 1. The summed E-state index contributed by atoms with van der Waals surface area (Å²) in [5.74, 6) is 1.05. The van der Waals surface area contributed by atoms with Crippen molar-refractivity contribution in [2.24, 2.45) is 0 Å². The molecule has 0 radical (unpaired) electrons. The Balaban J connectivity index is 1.90. The van der Waals surface area contributed by atoms with Gasteiger partial charge in [0, 0.05) is 6.20 Å². The molecule has 2 aromatic rings. The highest BCUT2D eigenvalue weighted by Gasteiger charge is 1.96. The van der Waals surface area contributed by atoms with Gasteiger partial charge >= 0.3 is 0 Å². The Hall–Kier alpha value is -1.49. The minimum atomic E-state index is 0.738. The predicted octanol–water partition coefficient (Wildman–Crippen LogP) is 2.53. The van der Waals surface area contributed by atoms with Crippen molar-refractivity contribution in [2.45, 2.75) is 18.5 Å². The van der Waals surface area contributed by atoms with Crippen LogP contribution in [0.15, 0.2) is 35.9 Å². The van der Waals surface area contributed by atoms with Crippen LogP contribution in [0.1, 0.15) is 12.6 Å². The topological polar surface area (TPSA) is 53.6 Å². The lowest BCUT2D eigenvalue weighted by Gasteiger charge is -2.04. The van der Waals surface area contributed by atoms with Crippen LogP contribution < -0.4 is 5.32 Å². The number of hydrogen-bond donors (Lipinski definition) is 2. The van der Waals surface area contributed by atoms with Crippen LogP contribution in [0.4, 0.5) is 5.69 Å². The van der Waals surface area contributed by atoms with E-state index in [9.17, 15) is 0 Å². The molecule has 4 nitrogen and oxygen atoms in total. The van der Waals surface area contributed by atoms with Crippen molar-refractivity contribution in [1.82, 2.24) is 15.0 Å². The van der Waals surface area contributed by atoms with Crippen LogP contribution in [-0.4, -0.2) is 20.7 Å². The number of pyridine rings is 1. The predicted molar refractivity (Wildman–Crippen MR) is 66.5 cm³/mol. The Morgan fingerprint density at radius 1 is 1.38 bits per heavy atom. The third-order valence-electron chi connectivity index (χ3n) is 2.07. The van der Waals surface area contributed by atoms with Crippen molar-refractivity contribution in [3.63, 3.8) is 0 Å². The molecule has 5 heteroatoms. The average molecular weight is 234 g/mol. The summed E-state index contributed by atoms with van der Waals surface area (Å²) in [6.45, 7) is 2.86. The quantitative estimate of drug-likeness (QED) is 0.781. The summed E-state index contributed by atoms with van der Waals surface area (Å²) in [5, 5.41) is 4.34. The van der Waals surface area contributed by atoms with Gasteiger partial charge in [-0.2, -0.15) is 0 Å². The van der Waals surface area contributed by atoms with Gasteiger partial charge in [0.05, 0.1) is 35.5 Å². The molecule has 2 aromatic heterocycles. The molecule has 0 aliphatic carbocycles. The summed E-state index contributed by atoms with van der Waals surface area (Å²) < 4.78 is 0. The van der Waals surface area contributed by atoms with Crippen molar-refractivity contribution >= 4 is 17.4 Å². The maximum absolute atomic E-state index is 4.34. The van der Waals surface area contributed by atoms with Crippen LogP contribution in [0.25, 0.3) is 0 Å². The summed E-state index contributed by atoms with van der Waals surface area (Å²) in [6, 6.07) is 4.07.